The SMILES string of the molecule is CC(C)(C)OC(=O)N1CCCC[C@@H]1C(=O)O.COC(=O)c1ccc([C@H](C)CC(=O)[C@H]2CCCCN2)cc1.COC(=O)c1ccc([C@H](C)CC(=O)[C@H]2CCCCN2C(=O)OC(C)(C)C)cc1.COC(=O)c1ccc([C@H](C)CC(=O)[C@H]2CCCCN2CCOc2ccccc2)cc1.COC(=O)c1ccc([C@H](C)N)cc1. The number of carboxylic acid groups (broad SMARTS) is 1. The van der Waals surface area contributed by atoms with E-state index in [9.17, 15) is 47.9 Å². The number of carbonyl (C=O) groups is 10. The second-order valence-electron chi connectivity index (χ2n) is 29.9. The second kappa shape index (κ2) is 44.8. The Labute approximate surface area is 638 Å². The zero-order valence-corrected chi connectivity index (χ0v) is 65.9. The van der Waals surface area contributed by atoms with Crippen molar-refractivity contribution in [3.05, 3.63) is 172 Å². The first-order chi connectivity index (χ1) is 51.3. The van der Waals surface area contributed by atoms with Crippen LogP contribution in [-0.2, 0) is 47.6 Å². The van der Waals surface area contributed by atoms with Crippen molar-refractivity contribution in [3.8, 4) is 5.75 Å². The molecule has 0 saturated carbocycles. The van der Waals surface area contributed by atoms with Crippen LogP contribution in [0, 0.1) is 0 Å². The van der Waals surface area contributed by atoms with E-state index >= 15 is 0 Å². The highest BCUT2D eigenvalue weighted by Crippen LogP contribution is 2.30. The number of hydrogen-bond acceptors (Lipinski definition) is 20. The van der Waals surface area contributed by atoms with Crippen molar-refractivity contribution in [3.63, 3.8) is 0 Å². The summed E-state index contributed by atoms with van der Waals surface area (Å²) in [5.41, 5.74) is 10.7. The molecule has 0 aliphatic carbocycles. The molecule has 4 heterocycles. The normalized spacial score (nSPS) is 18.2. The number of aliphatic carboxylic acids is 1. The molecule has 5 aromatic rings. The Morgan fingerprint density at radius 2 is 0.796 bits per heavy atom. The van der Waals surface area contributed by atoms with Crippen LogP contribution in [0.25, 0.3) is 0 Å². The smallest absolute Gasteiger partial charge is 0.411 e. The van der Waals surface area contributed by atoms with E-state index in [-0.39, 0.29) is 65.5 Å². The maximum Gasteiger partial charge on any atom is 0.411 e. The monoisotopic (exact) mass is 1500 g/mol. The minimum absolute atomic E-state index is 0.00769. The maximum absolute atomic E-state index is 13.1. The third-order valence-corrected chi connectivity index (χ3v) is 19.1. The molecule has 0 aromatic heterocycles. The second-order valence-corrected chi connectivity index (χ2v) is 29.9. The summed E-state index contributed by atoms with van der Waals surface area (Å²) in [5.74, 6) is -0.595. The molecule has 9 rings (SSSR count). The van der Waals surface area contributed by atoms with E-state index in [4.69, 9.17) is 34.5 Å². The molecule has 0 spiro atoms. The van der Waals surface area contributed by atoms with Gasteiger partial charge in [-0.2, -0.15) is 0 Å². The molecule has 590 valence electrons. The number of nitrogens with zero attached hydrogens (tertiary/aromatic N) is 3. The van der Waals surface area contributed by atoms with Crippen LogP contribution >= 0.6 is 0 Å². The van der Waals surface area contributed by atoms with Crippen molar-refractivity contribution >= 4 is 59.4 Å². The standard InChI is InChI=1S/C25H31NO4.C22H31NO5.C17H23NO3.C11H19NO4.C10H13NO2/c1-19(20-11-13-21(14-12-20)25(28)29-2)18-24(27)23-10-6-7-15-26(23)16-17-30-22-8-4-3-5-9-22;1-15(16-9-11-17(12-10-16)20(25)27-5)14-19(24)18-8-6-7-13-23(18)21(26)28-22(2,3)4;1-12(11-16(19)15-5-3-4-10-18-15)13-6-8-14(9-7-13)17(20)21-2;1-11(2,3)16-10(15)12-7-5-4-6-8(12)9(13)14;1-7(11)8-3-5-9(6-4-8)10(12)13-2/h3-5,8-9,11-14,19,23H,6-7,10,15-18H2,1-2H3;9-12,15,18H,6-8,13-14H2,1-5H3;6-9,12,15,18H,3-5,10-11H2,1-2H3;8H,4-7H2,1-3H3,(H,13,14);3-7H,11H2,1-2H3/t19-,23-;15-,18-;12-,15-;8-;7-/m11110/s1. The summed E-state index contributed by atoms with van der Waals surface area (Å²) in [7, 11) is 5.45. The third kappa shape index (κ3) is 30.0. The quantitative estimate of drug-likeness (QED) is 0.0428. The van der Waals surface area contributed by atoms with Crippen LogP contribution < -0.4 is 15.8 Å². The van der Waals surface area contributed by atoms with Crippen LogP contribution in [0.2, 0.25) is 0 Å². The summed E-state index contributed by atoms with van der Waals surface area (Å²) < 4.78 is 35.2. The molecule has 4 saturated heterocycles. The number of Topliss-reactive ketones (excluding diaryl/α,β-unsaturated/α-hetero) is 3. The van der Waals surface area contributed by atoms with Gasteiger partial charge in [-0.15, -0.1) is 0 Å². The highest BCUT2D eigenvalue weighted by molar-refractivity contribution is 5.92. The van der Waals surface area contributed by atoms with Crippen LogP contribution in [-0.4, -0.2) is 182 Å². The zero-order valence-electron chi connectivity index (χ0n) is 65.9. The molecule has 0 radical (unpaired) electrons. The highest BCUT2D eigenvalue weighted by Gasteiger charge is 2.37. The molecule has 0 unspecified atom stereocenters. The van der Waals surface area contributed by atoms with Gasteiger partial charge in [0.05, 0.1) is 68.8 Å². The summed E-state index contributed by atoms with van der Waals surface area (Å²) in [6, 6.07) is 37.4. The number of methoxy groups -OCH3 is 4. The fourth-order valence-electron chi connectivity index (χ4n) is 13.0. The van der Waals surface area contributed by atoms with Gasteiger partial charge in [0.15, 0.2) is 11.6 Å². The summed E-state index contributed by atoms with van der Waals surface area (Å²) in [6.07, 6.45) is 11.5. The molecular formula is C85H117N5O18. The van der Waals surface area contributed by atoms with E-state index in [1.807, 2.05) is 120 Å². The first kappa shape index (κ1) is 89.3. The lowest BCUT2D eigenvalue weighted by molar-refractivity contribution is -0.144. The van der Waals surface area contributed by atoms with Gasteiger partial charge in [0.1, 0.15) is 35.4 Å². The highest BCUT2D eigenvalue weighted by atomic mass is 16.6. The van der Waals surface area contributed by atoms with Crippen molar-refractivity contribution in [2.75, 3.05) is 67.8 Å². The number of ketones is 3. The largest absolute Gasteiger partial charge is 0.492 e. The van der Waals surface area contributed by atoms with Crippen molar-refractivity contribution in [2.24, 2.45) is 5.73 Å². The molecule has 108 heavy (non-hydrogen) atoms. The average molecular weight is 1500 g/mol. The van der Waals surface area contributed by atoms with Gasteiger partial charge >= 0.3 is 42.0 Å². The summed E-state index contributed by atoms with van der Waals surface area (Å²) >= 11 is 0. The lowest BCUT2D eigenvalue weighted by Crippen LogP contribution is -2.49. The van der Waals surface area contributed by atoms with E-state index < -0.39 is 41.4 Å². The molecule has 8 atom stereocenters. The van der Waals surface area contributed by atoms with Gasteiger partial charge in [-0.1, -0.05) is 100 Å². The third-order valence-electron chi connectivity index (χ3n) is 19.1. The summed E-state index contributed by atoms with van der Waals surface area (Å²) in [4.78, 5) is 124. The Hall–Kier alpha value is -9.32. The maximum atomic E-state index is 13.1. The number of para-hydroxylation sites is 1. The number of nitrogens with one attached hydrogen (secondary N) is 1. The molecular weight excluding hydrogens is 1380 g/mol. The summed E-state index contributed by atoms with van der Waals surface area (Å²) in [5, 5.41) is 12.3. The molecule has 23 heteroatoms. The topological polar surface area (TPSA) is 303 Å². The number of piperidine rings is 4. The van der Waals surface area contributed by atoms with E-state index in [1.54, 1.807) is 74.2 Å². The minimum atomic E-state index is -0.953. The van der Waals surface area contributed by atoms with Crippen molar-refractivity contribution in [1.82, 2.24) is 20.0 Å². The molecule has 5 aromatic carbocycles. The van der Waals surface area contributed by atoms with Gasteiger partial charge in [-0.25, -0.2) is 33.6 Å². The molecule has 2 amide bonds. The number of rotatable bonds is 22. The van der Waals surface area contributed by atoms with Gasteiger partial charge in [0, 0.05) is 44.9 Å². The minimum Gasteiger partial charge on any atom is -0.492 e. The number of carboxylic acids is 1. The Balaban J connectivity index is 0.000000249. The number of hydrogen-bond donors (Lipinski definition) is 3. The van der Waals surface area contributed by atoms with Crippen LogP contribution in [0.4, 0.5) is 9.59 Å². The molecule has 4 fully saturated rings. The lowest BCUT2D eigenvalue weighted by atomic mass is 9.89. The van der Waals surface area contributed by atoms with Gasteiger partial charge in [0.2, 0.25) is 0 Å². The molecule has 0 bridgehead atoms. The number of nitrogens with two attached hydrogens (primary N) is 1. The van der Waals surface area contributed by atoms with Crippen molar-refractivity contribution in [2.45, 2.75) is 225 Å². The van der Waals surface area contributed by atoms with Crippen LogP contribution in [0.3, 0.4) is 0 Å². The predicted octanol–water partition coefficient (Wildman–Crippen LogP) is 14.8. The number of esters is 4. The first-order valence-electron chi connectivity index (χ1n) is 37.7. The van der Waals surface area contributed by atoms with E-state index in [0.29, 0.717) is 85.6 Å². The Kier molecular flexibility index (Phi) is 37.1. The van der Waals surface area contributed by atoms with Crippen LogP contribution in [0.15, 0.2) is 127 Å². The fourth-order valence-corrected chi connectivity index (χ4v) is 13.0. The van der Waals surface area contributed by atoms with E-state index in [0.717, 1.165) is 112 Å². The van der Waals surface area contributed by atoms with Gasteiger partial charge in [0.25, 0.3) is 0 Å². The average Bonchev–Trinajstić information content (AvgIpc) is 0.837. The van der Waals surface area contributed by atoms with Gasteiger partial charge in [-0.3, -0.25) is 29.1 Å². The Morgan fingerprint density at radius 3 is 1.17 bits per heavy atom. The Morgan fingerprint density at radius 1 is 0.444 bits per heavy atom. The fraction of sp³-hybridized carbons (Fsp3) is 0.529. The molecule has 4 aliphatic heterocycles. The number of ether oxygens (including phenoxy) is 7. The lowest BCUT2D eigenvalue weighted by Gasteiger charge is -2.36. The Bertz CT molecular complexity index is 3660. The summed E-state index contributed by atoms with van der Waals surface area (Å²) in [6.45, 7) is 23.0. The zero-order chi connectivity index (χ0) is 79.7. The number of carbonyl (C=O) groups excluding carboxylic acids is 9. The van der Waals surface area contributed by atoms with E-state index in [2.05, 4.69) is 26.6 Å². The molecule has 4 N–H and O–H groups in total. The number of benzene rings is 5. The van der Waals surface area contributed by atoms with Gasteiger partial charge < -0.3 is 49.3 Å². The number of likely N-dealkylation sites (tertiary alicyclic amines) is 3. The van der Waals surface area contributed by atoms with Crippen molar-refractivity contribution in [1.29, 1.82) is 0 Å². The number of amides is 2. The van der Waals surface area contributed by atoms with Crippen LogP contribution in [0.5, 0.6) is 5.75 Å². The van der Waals surface area contributed by atoms with Crippen molar-refractivity contribution < 1.29 is 86.2 Å². The van der Waals surface area contributed by atoms with E-state index in [1.165, 1.54) is 33.3 Å². The predicted molar refractivity (Wildman–Crippen MR) is 413 cm³/mol. The van der Waals surface area contributed by atoms with Gasteiger partial charge in [-0.05, 0) is 226 Å². The van der Waals surface area contributed by atoms with Crippen LogP contribution in [0.1, 0.15) is 253 Å². The molecule has 4 aliphatic rings. The first-order valence-corrected chi connectivity index (χ1v) is 37.7. The molecule has 23 nitrogen and oxygen atoms in total.